The summed E-state index contributed by atoms with van der Waals surface area (Å²) in [6.07, 6.45) is 3.41. The van der Waals surface area contributed by atoms with Gasteiger partial charge in [0.15, 0.2) is 5.76 Å². The molecule has 96 valence electrons. The lowest BCUT2D eigenvalue weighted by molar-refractivity contribution is 0.0924. The minimum Gasteiger partial charge on any atom is -0.456 e. The average Bonchev–Trinajstić information content (AvgIpc) is 2.70. The van der Waals surface area contributed by atoms with E-state index in [0.717, 1.165) is 18.6 Å². The number of furan rings is 1. The minimum atomic E-state index is -0.426. The largest absolute Gasteiger partial charge is 0.456 e. The van der Waals surface area contributed by atoms with Crippen LogP contribution in [-0.4, -0.2) is 12.5 Å². The average molecular weight is 240 g/mol. The summed E-state index contributed by atoms with van der Waals surface area (Å²) in [5, 5.41) is 0. The Bertz CT molecular complexity index is 361. The second kappa shape index (κ2) is 7.09. The summed E-state index contributed by atoms with van der Waals surface area (Å²) in [5.41, 5.74) is 2.92. The fourth-order valence-electron chi connectivity index (χ4n) is 1.48. The van der Waals surface area contributed by atoms with E-state index in [4.69, 9.17) is 15.0 Å². The Hall–Kier alpha value is -1.33. The summed E-state index contributed by atoms with van der Waals surface area (Å²) in [6.45, 7) is 5.16. The second-order valence-corrected chi connectivity index (χ2v) is 3.93. The van der Waals surface area contributed by atoms with Crippen molar-refractivity contribution in [1.82, 2.24) is 5.43 Å². The van der Waals surface area contributed by atoms with Crippen molar-refractivity contribution in [1.29, 1.82) is 0 Å². The maximum absolute atomic E-state index is 11.2. The Balaban J connectivity index is 2.43. The van der Waals surface area contributed by atoms with Crippen LogP contribution in [0.4, 0.5) is 0 Å². The molecule has 0 aliphatic carbocycles. The fourth-order valence-corrected chi connectivity index (χ4v) is 1.48. The molecule has 5 heteroatoms. The molecule has 0 aliphatic heterocycles. The number of hydrogen-bond donors (Lipinski definition) is 2. The van der Waals surface area contributed by atoms with Gasteiger partial charge in [-0.1, -0.05) is 19.8 Å². The predicted octanol–water partition coefficient (Wildman–Crippen LogP) is 1.90. The van der Waals surface area contributed by atoms with Crippen LogP contribution in [0.5, 0.6) is 0 Å². The monoisotopic (exact) mass is 240 g/mol. The van der Waals surface area contributed by atoms with E-state index in [1.54, 1.807) is 13.0 Å². The van der Waals surface area contributed by atoms with Gasteiger partial charge in [0.25, 0.3) is 0 Å². The first-order chi connectivity index (χ1) is 8.19. The lowest BCUT2D eigenvalue weighted by Gasteiger charge is -2.01. The van der Waals surface area contributed by atoms with Crippen molar-refractivity contribution < 1.29 is 13.9 Å². The smallest absolute Gasteiger partial charge is 0.300 e. The molecule has 0 saturated heterocycles. The van der Waals surface area contributed by atoms with E-state index in [-0.39, 0.29) is 5.76 Å². The number of carbonyl (C=O) groups excluding carboxylic acids is 1. The number of aryl methyl sites for hydroxylation is 1. The molecule has 1 rings (SSSR count). The molecule has 0 unspecified atom stereocenters. The maximum Gasteiger partial charge on any atom is 0.300 e. The molecule has 1 aromatic heterocycles. The fraction of sp³-hybridized carbons (Fsp3) is 0.583. The molecule has 0 radical (unpaired) electrons. The molecule has 1 amide bonds. The van der Waals surface area contributed by atoms with Gasteiger partial charge in [0.1, 0.15) is 5.76 Å². The SMILES string of the molecule is CCCCCOCc1cc(C(=O)NN)oc1C. The molecule has 17 heavy (non-hydrogen) atoms. The Morgan fingerprint density at radius 3 is 2.94 bits per heavy atom. The van der Waals surface area contributed by atoms with E-state index >= 15 is 0 Å². The Morgan fingerprint density at radius 2 is 2.29 bits per heavy atom. The minimum absolute atomic E-state index is 0.220. The molecule has 0 bridgehead atoms. The molecule has 0 aliphatic rings. The van der Waals surface area contributed by atoms with Crippen LogP contribution in [0, 0.1) is 6.92 Å². The van der Waals surface area contributed by atoms with Crippen molar-refractivity contribution >= 4 is 5.91 Å². The van der Waals surface area contributed by atoms with Crippen LogP contribution in [0.25, 0.3) is 0 Å². The zero-order valence-corrected chi connectivity index (χ0v) is 10.4. The Kier molecular flexibility index (Phi) is 5.72. The van der Waals surface area contributed by atoms with Gasteiger partial charge >= 0.3 is 5.91 Å². The van der Waals surface area contributed by atoms with Crippen molar-refractivity contribution in [2.24, 2.45) is 5.84 Å². The molecular formula is C12H20N2O3. The topological polar surface area (TPSA) is 77.5 Å². The number of amides is 1. The number of nitrogen functional groups attached to an aromatic ring is 1. The number of hydrazine groups is 1. The van der Waals surface area contributed by atoms with E-state index in [9.17, 15) is 4.79 Å². The number of rotatable bonds is 7. The van der Waals surface area contributed by atoms with Crippen LogP contribution in [0.3, 0.4) is 0 Å². The highest BCUT2D eigenvalue weighted by Gasteiger charge is 2.13. The lowest BCUT2D eigenvalue weighted by Crippen LogP contribution is -2.29. The van der Waals surface area contributed by atoms with Crippen LogP contribution in [0.2, 0.25) is 0 Å². The molecule has 1 aromatic rings. The zero-order valence-electron chi connectivity index (χ0n) is 10.4. The van der Waals surface area contributed by atoms with E-state index in [0.29, 0.717) is 12.4 Å². The Morgan fingerprint density at radius 1 is 1.53 bits per heavy atom. The maximum atomic E-state index is 11.2. The molecular weight excluding hydrogens is 220 g/mol. The van der Waals surface area contributed by atoms with Gasteiger partial charge < -0.3 is 9.15 Å². The van der Waals surface area contributed by atoms with E-state index < -0.39 is 5.91 Å². The van der Waals surface area contributed by atoms with Gasteiger partial charge in [-0.3, -0.25) is 10.2 Å². The van der Waals surface area contributed by atoms with Crippen molar-refractivity contribution in [3.8, 4) is 0 Å². The van der Waals surface area contributed by atoms with Crippen molar-refractivity contribution in [3.05, 3.63) is 23.2 Å². The molecule has 0 atom stereocenters. The van der Waals surface area contributed by atoms with Crippen LogP contribution < -0.4 is 11.3 Å². The standard InChI is InChI=1S/C12H20N2O3/c1-3-4-5-6-16-8-10-7-11(12(15)14-13)17-9(10)2/h7H,3-6,8,13H2,1-2H3,(H,14,15). The van der Waals surface area contributed by atoms with Gasteiger partial charge in [-0.25, -0.2) is 5.84 Å². The van der Waals surface area contributed by atoms with Gasteiger partial charge in [0.05, 0.1) is 6.61 Å². The zero-order chi connectivity index (χ0) is 12.7. The number of unbranched alkanes of at least 4 members (excludes halogenated alkanes) is 2. The van der Waals surface area contributed by atoms with Crippen LogP contribution in [-0.2, 0) is 11.3 Å². The van der Waals surface area contributed by atoms with Gasteiger partial charge in [-0.15, -0.1) is 0 Å². The first-order valence-corrected chi connectivity index (χ1v) is 5.87. The molecule has 1 heterocycles. The highest BCUT2D eigenvalue weighted by atomic mass is 16.5. The van der Waals surface area contributed by atoms with E-state index in [1.807, 2.05) is 5.43 Å². The summed E-state index contributed by atoms with van der Waals surface area (Å²) in [5.74, 6) is 5.52. The van der Waals surface area contributed by atoms with E-state index in [2.05, 4.69) is 6.92 Å². The highest BCUT2D eigenvalue weighted by molar-refractivity contribution is 5.91. The summed E-state index contributed by atoms with van der Waals surface area (Å²) >= 11 is 0. The predicted molar refractivity (Wildman–Crippen MR) is 64.3 cm³/mol. The molecule has 0 saturated carbocycles. The van der Waals surface area contributed by atoms with Crippen molar-refractivity contribution in [2.75, 3.05) is 6.61 Å². The third-order valence-corrected chi connectivity index (χ3v) is 2.53. The summed E-state index contributed by atoms with van der Waals surface area (Å²) < 4.78 is 10.8. The number of nitrogens with two attached hydrogens (primary N) is 1. The normalized spacial score (nSPS) is 10.5. The van der Waals surface area contributed by atoms with Gasteiger partial charge in [-0.05, 0) is 19.4 Å². The van der Waals surface area contributed by atoms with Crippen LogP contribution in [0.15, 0.2) is 10.5 Å². The molecule has 3 N–H and O–H groups in total. The number of carbonyl (C=O) groups is 1. The van der Waals surface area contributed by atoms with Gasteiger partial charge in [0.2, 0.25) is 0 Å². The number of nitrogens with one attached hydrogen (secondary N) is 1. The van der Waals surface area contributed by atoms with Crippen LogP contribution >= 0.6 is 0 Å². The molecule has 0 fully saturated rings. The Labute approximate surface area is 101 Å². The molecule has 5 nitrogen and oxygen atoms in total. The first kappa shape index (κ1) is 13.7. The third kappa shape index (κ3) is 4.20. The first-order valence-electron chi connectivity index (χ1n) is 5.87. The van der Waals surface area contributed by atoms with Gasteiger partial charge in [0, 0.05) is 12.2 Å². The quantitative estimate of drug-likeness (QED) is 0.330. The lowest BCUT2D eigenvalue weighted by atomic mass is 10.2. The van der Waals surface area contributed by atoms with Gasteiger partial charge in [-0.2, -0.15) is 0 Å². The summed E-state index contributed by atoms with van der Waals surface area (Å²) in [7, 11) is 0. The number of hydrogen-bond acceptors (Lipinski definition) is 4. The molecule has 0 spiro atoms. The van der Waals surface area contributed by atoms with E-state index in [1.165, 1.54) is 12.8 Å². The van der Waals surface area contributed by atoms with Crippen molar-refractivity contribution in [2.45, 2.75) is 39.7 Å². The van der Waals surface area contributed by atoms with Crippen LogP contribution in [0.1, 0.15) is 48.1 Å². The summed E-state index contributed by atoms with van der Waals surface area (Å²) in [6, 6.07) is 1.66. The molecule has 0 aromatic carbocycles. The number of ether oxygens (including phenoxy) is 1. The highest BCUT2D eigenvalue weighted by Crippen LogP contribution is 2.15. The van der Waals surface area contributed by atoms with Crippen molar-refractivity contribution in [3.63, 3.8) is 0 Å². The third-order valence-electron chi connectivity index (χ3n) is 2.53. The summed E-state index contributed by atoms with van der Waals surface area (Å²) in [4.78, 5) is 11.2. The second-order valence-electron chi connectivity index (χ2n) is 3.93.